The van der Waals surface area contributed by atoms with E-state index < -0.39 is 0 Å². The van der Waals surface area contributed by atoms with Gasteiger partial charge in [-0.1, -0.05) is 82.3 Å². The van der Waals surface area contributed by atoms with E-state index in [-0.39, 0.29) is 10.8 Å². The molecule has 33 heavy (non-hydrogen) atoms. The summed E-state index contributed by atoms with van der Waals surface area (Å²) in [6.07, 6.45) is 5.06. The van der Waals surface area contributed by atoms with Crippen LogP contribution in [0.25, 0.3) is 22.3 Å². The molecule has 1 saturated carbocycles. The third-order valence-corrected chi connectivity index (χ3v) is 7.62. The maximum Gasteiger partial charge on any atom is 0.127 e. The quantitative estimate of drug-likeness (QED) is 0.385. The number of ether oxygens (including phenoxy) is 1. The van der Waals surface area contributed by atoms with Crippen LogP contribution in [0.3, 0.4) is 0 Å². The highest BCUT2D eigenvalue weighted by atomic mass is 16.5. The third kappa shape index (κ3) is 4.73. The normalized spacial score (nSPS) is 18.5. The number of rotatable bonds is 7. The van der Waals surface area contributed by atoms with Gasteiger partial charge in [-0.05, 0) is 76.5 Å². The molecule has 1 fully saturated rings. The van der Waals surface area contributed by atoms with E-state index in [0.717, 1.165) is 12.3 Å². The summed E-state index contributed by atoms with van der Waals surface area (Å²) in [5.74, 6) is 0.972. The average molecular weight is 440 g/mol. The first-order valence-corrected chi connectivity index (χ1v) is 12.5. The number of hydrogen-bond acceptors (Lipinski definition) is 2. The van der Waals surface area contributed by atoms with Crippen LogP contribution in [-0.2, 0) is 10.8 Å². The SMILES string of the molecule is CC1(C)CCC(C)(C)c2cc(-c3cc(-c4ccccc4)ccc3OCCNC3CC3)ccc21. The van der Waals surface area contributed by atoms with Gasteiger partial charge in [0, 0.05) is 18.2 Å². The van der Waals surface area contributed by atoms with Gasteiger partial charge >= 0.3 is 0 Å². The van der Waals surface area contributed by atoms with Crippen LogP contribution in [0.15, 0.2) is 66.7 Å². The van der Waals surface area contributed by atoms with Crippen molar-refractivity contribution in [3.63, 3.8) is 0 Å². The summed E-state index contributed by atoms with van der Waals surface area (Å²) in [5, 5.41) is 3.56. The average Bonchev–Trinajstić information content (AvgIpc) is 3.65. The minimum atomic E-state index is 0.188. The Balaban J connectivity index is 1.54. The zero-order chi connectivity index (χ0) is 23.1. The highest BCUT2D eigenvalue weighted by Crippen LogP contribution is 2.47. The van der Waals surface area contributed by atoms with Gasteiger partial charge in [-0.15, -0.1) is 0 Å². The molecule has 0 atom stereocenters. The maximum absolute atomic E-state index is 6.34. The topological polar surface area (TPSA) is 21.3 Å². The standard InChI is InChI=1S/C31H37NO/c1-30(2)16-17-31(3,4)28-21-24(10-14-27(28)30)26-20-23(22-8-6-5-7-9-22)11-15-29(26)33-19-18-32-25-12-13-25/h5-11,14-15,20-21,25,32H,12-13,16-19H2,1-4H3. The predicted octanol–water partition coefficient (Wildman–Crippen LogP) is 7.50. The van der Waals surface area contributed by atoms with E-state index in [1.54, 1.807) is 0 Å². The molecule has 0 spiro atoms. The lowest BCUT2D eigenvalue weighted by Crippen LogP contribution is -2.33. The Kier molecular flexibility index (Phi) is 5.82. The summed E-state index contributed by atoms with van der Waals surface area (Å²) in [6, 6.07) is 25.1. The van der Waals surface area contributed by atoms with Crippen molar-refractivity contribution in [1.29, 1.82) is 0 Å². The van der Waals surface area contributed by atoms with Crippen molar-refractivity contribution in [3.05, 3.63) is 77.9 Å². The Morgan fingerprint density at radius 2 is 1.45 bits per heavy atom. The first kappa shape index (κ1) is 22.2. The van der Waals surface area contributed by atoms with E-state index in [2.05, 4.69) is 99.7 Å². The largest absolute Gasteiger partial charge is 0.492 e. The fourth-order valence-corrected chi connectivity index (χ4v) is 5.16. The molecule has 0 heterocycles. The second-order valence-corrected chi connectivity index (χ2v) is 11.2. The van der Waals surface area contributed by atoms with Gasteiger partial charge in [-0.2, -0.15) is 0 Å². The Labute approximate surface area is 199 Å². The molecule has 172 valence electrons. The zero-order valence-electron chi connectivity index (χ0n) is 20.6. The molecule has 3 aromatic rings. The minimum Gasteiger partial charge on any atom is -0.492 e. The Hall–Kier alpha value is -2.58. The lowest BCUT2D eigenvalue weighted by atomic mass is 9.63. The molecule has 1 N–H and O–H groups in total. The highest BCUT2D eigenvalue weighted by Gasteiger charge is 2.37. The van der Waals surface area contributed by atoms with Gasteiger partial charge in [0.2, 0.25) is 0 Å². The number of nitrogens with one attached hydrogen (secondary N) is 1. The molecule has 5 rings (SSSR count). The van der Waals surface area contributed by atoms with Gasteiger partial charge in [0.15, 0.2) is 0 Å². The predicted molar refractivity (Wildman–Crippen MR) is 139 cm³/mol. The molecule has 2 nitrogen and oxygen atoms in total. The van der Waals surface area contributed by atoms with Crippen molar-refractivity contribution < 1.29 is 4.74 Å². The second kappa shape index (κ2) is 8.65. The first-order chi connectivity index (χ1) is 15.8. The van der Waals surface area contributed by atoms with Crippen molar-refractivity contribution in [2.45, 2.75) is 70.3 Å². The molecule has 0 bridgehead atoms. The Morgan fingerprint density at radius 1 is 0.758 bits per heavy atom. The van der Waals surface area contributed by atoms with Gasteiger partial charge in [-0.3, -0.25) is 0 Å². The molecule has 0 aliphatic heterocycles. The van der Waals surface area contributed by atoms with Crippen molar-refractivity contribution in [3.8, 4) is 28.0 Å². The highest BCUT2D eigenvalue weighted by molar-refractivity contribution is 5.78. The Bertz CT molecular complexity index is 1120. The molecule has 2 aliphatic rings. The molecule has 0 amide bonds. The lowest BCUT2D eigenvalue weighted by molar-refractivity contribution is 0.314. The molecular weight excluding hydrogens is 402 g/mol. The van der Waals surface area contributed by atoms with Crippen LogP contribution >= 0.6 is 0 Å². The number of fused-ring (bicyclic) bond motifs is 1. The summed E-state index contributed by atoms with van der Waals surface area (Å²) in [7, 11) is 0. The van der Waals surface area contributed by atoms with E-state index in [4.69, 9.17) is 4.74 Å². The van der Waals surface area contributed by atoms with Gasteiger partial charge in [0.25, 0.3) is 0 Å². The summed E-state index contributed by atoms with van der Waals surface area (Å²) in [5.41, 5.74) is 8.30. The van der Waals surface area contributed by atoms with Gasteiger partial charge in [-0.25, -0.2) is 0 Å². The van der Waals surface area contributed by atoms with Crippen LogP contribution in [0, 0.1) is 0 Å². The fourth-order valence-electron chi connectivity index (χ4n) is 5.16. The van der Waals surface area contributed by atoms with Crippen LogP contribution in [0.2, 0.25) is 0 Å². The van der Waals surface area contributed by atoms with Gasteiger partial charge in [0.05, 0.1) is 0 Å². The van der Waals surface area contributed by atoms with Crippen molar-refractivity contribution in [2.24, 2.45) is 0 Å². The van der Waals surface area contributed by atoms with Crippen molar-refractivity contribution in [1.82, 2.24) is 5.32 Å². The monoisotopic (exact) mass is 439 g/mol. The first-order valence-electron chi connectivity index (χ1n) is 12.5. The molecule has 0 saturated heterocycles. The Morgan fingerprint density at radius 3 is 2.18 bits per heavy atom. The van der Waals surface area contributed by atoms with E-state index in [9.17, 15) is 0 Å². The van der Waals surface area contributed by atoms with E-state index in [0.29, 0.717) is 12.6 Å². The summed E-state index contributed by atoms with van der Waals surface area (Å²) >= 11 is 0. The molecule has 2 aliphatic carbocycles. The van der Waals surface area contributed by atoms with Crippen LogP contribution in [-0.4, -0.2) is 19.2 Å². The fraction of sp³-hybridized carbons (Fsp3) is 0.419. The third-order valence-electron chi connectivity index (χ3n) is 7.62. The van der Waals surface area contributed by atoms with E-state index >= 15 is 0 Å². The molecule has 2 heteroatoms. The number of benzene rings is 3. The smallest absolute Gasteiger partial charge is 0.127 e. The van der Waals surface area contributed by atoms with Crippen LogP contribution in [0.1, 0.15) is 64.5 Å². The van der Waals surface area contributed by atoms with E-state index in [1.165, 1.54) is 59.1 Å². The van der Waals surface area contributed by atoms with Crippen LogP contribution < -0.4 is 10.1 Å². The lowest BCUT2D eigenvalue weighted by Gasteiger charge is -2.42. The minimum absolute atomic E-state index is 0.188. The van der Waals surface area contributed by atoms with Gasteiger partial charge in [0.1, 0.15) is 12.4 Å². The molecule has 3 aromatic carbocycles. The molecule has 0 aromatic heterocycles. The van der Waals surface area contributed by atoms with Crippen molar-refractivity contribution in [2.75, 3.05) is 13.2 Å². The van der Waals surface area contributed by atoms with Crippen LogP contribution in [0.4, 0.5) is 0 Å². The molecular formula is C31H37NO. The summed E-state index contributed by atoms with van der Waals surface area (Å²) < 4.78 is 6.34. The summed E-state index contributed by atoms with van der Waals surface area (Å²) in [4.78, 5) is 0. The van der Waals surface area contributed by atoms with Crippen LogP contribution in [0.5, 0.6) is 5.75 Å². The van der Waals surface area contributed by atoms with Crippen molar-refractivity contribution >= 4 is 0 Å². The van der Waals surface area contributed by atoms with Gasteiger partial charge < -0.3 is 10.1 Å². The zero-order valence-corrected chi connectivity index (χ0v) is 20.6. The van der Waals surface area contributed by atoms with E-state index in [1.807, 2.05) is 0 Å². The number of hydrogen-bond donors (Lipinski definition) is 1. The second-order valence-electron chi connectivity index (χ2n) is 11.2. The molecule has 0 radical (unpaired) electrons. The molecule has 0 unspecified atom stereocenters. The summed E-state index contributed by atoms with van der Waals surface area (Å²) in [6.45, 7) is 11.2. The maximum atomic E-state index is 6.34.